The molecule has 1 aromatic heterocycles. The van der Waals surface area contributed by atoms with Crippen molar-refractivity contribution in [1.29, 1.82) is 0 Å². The molecule has 148 valence electrons. The van der Waals surface area contributed by atoms with Crippen molar-refractivity contribution in [3.63, 3.8) is 0 Å². The molecule has 1 atom stereocenters. The maximum atomic E-state index is 12.8. The summed E-state index contributed by atoms with van der Waals surface area (Å²) < 4.78 is 40.3. The summed E-state index contributed by atoms with van der Waals surface area (Å²) in [6, 6.07) is 2.25. The summed E-state index contributed by atoms with van der Waals surface area (Å²) in [7, 11) is 1.72. The summed E-state index contributed by atoms with van der Waals surface area (Å²) in [4.78, 5) is 12.5. The monoisotopic (exact) mass is 421 g/mol. The fraction of sp³-hybridized carbons (Fsp3) is 0.438. The number of hydrogen-bond donors (Lipinski definition) is 3. The number of amides is 1. The van der Waals surface area contributed by atoms with Crippen LogP contribution in [0.25, 0.3) is 0 Å². The van der Waals surface area contributed by atoms with Crippen LogP contribution in [0.15, 0.2) is 18.2 Å². The molecule has 2 rings (SSSR count). The molecular formula is C16H19ClF3N5OS. The molecule has 0 spiro atoms. The highest BCUT2D eigenvalue weighted by Crippen LogP contribution is 2.34. The maximum Gasteiger partial charge on any atom is 0.416 e. The first-order valence-corrected chi connectivity index (χ1v) is 8.80. The Bertz CT molecular complexity index is 878. The lowest BCUT2D eigenvalue weighted by Crippen LogP contribution is -2.43. The van der Waals surface area contributed by atoms with E-state index in [4.69, 9.17) is 23.8 Å². The van der Waals surface area contributed by atoms with Crippen molar-refractivity contribution < 1.29 is 18.0 Å². The Kier molecular flexibility index (Phi) is 6.53. The van der Waals surface area contributed by atoms with Crippen molar-refractivity contribution >= 4 is 35.4 Å². The van der Waals surface area contributed by atoms with Gasteiger partial charge in [0, 0.05) is 7.05 Å². The van der Waals surface area contributed by atoms with Crippen LogP contribution in [0, 0.1) is 10.7 Å². The molecule has 1 amide bonds. The maximum absolute atomic E-state index is 12.8. The number of carbonyl (C=O) groups is 1. The fourth-order valence-electron chi connectivity index (χ4n) is 2.32. The third-order valence-electron chi connectivity index (χ3n) is 3.95. The zero-order valence-corrected chi connectivity index (χ0v) is 16.4. The molecule has 0 aliphatic carbocycles. The van der Waals surface area contributed by atoms with Crippen LogP contribution < -0.4 is 10.6 Å². The van der Waals surface area contributed by atoms with Gasteiger partial charge in [-0.2, -0.15) is 18.3 Å². The standard InChI is InChI=1S/C16H19ClF3N5OS/c1-8(2)13(14(26)21-7-12-23-24-15(27)25(12)3)22-11-5-4-9(6-10(11)17)16(18,19)20/h4-6,8,13,22H,7H2,1-3H3,(H,21,26)(H,24,27)/t13-/m0/s1. The molecule has 0 saturated carbocycles. The molecule has 0 saturated heterocycles. The van der Waals surface area contributed by atoms with E-state index in [-0.39, 0.29) is 29.1 Å². The highest BCUT2D eigenvalue weighted by atomic mass is 35.5. The van der Waals surface area contributed by atoms with Gasteiger partial charge >= 0.3 is 6.18 Å². The average Bonchev–Trinajstić information content (AvgIpc) is 2.89. The highest BCUT2D eigenvalue weighted by Gasteiger charge is 2.31. The molecule has 0 bridgehead atoms. The van der Waals surface area contributed by atoms with E-state index in [2.05, 4.69) is 20.8 Å². The normalized spacial score (nSPS) is 12.9. The minimum absolute atomic E-state index is 0.113. The Hall–Kier alpha value is -2.07. The van der Waals surface area contributed by atoms with Crippen molar-refractivity contribution in [3.8, 4) is 0 Å². The first kappa shape index (κ1) is 21.2. The average molecular weight is 422 g/mol. The first-order valence-electron chi connectivity index (χ1n) is 8.02. The Morgan fingerprint density at radius 2 is 2.07 bits per heavy atom. The minimum atomic E-state index is -4.49. The summed E-state index contributed by atoms with van der Waals surface area (Å²) in [6.07, 6.45) is -4.49. The summed E-state index contributed by atoms with van der Waals surface area (Å²) in [6.45, 7) is 3.77. The Labute approximate surface area is 164 Å². The lowest BCUT2D eigenvalue weighted by Gasteiger charge is -2.23. The number of nitrogens with one attached hydrogen (secondary N) is 3. The van der Waals surface area contributed by atoms with Gasteiger partial charge in [0.25, 0.3) is 0 Å². The van der Waals surface area contributed by atoms with Gasteiger partial charge in [-0.05, 0) is 36.3 Å². The summed E-state index contributed by atoms with van der Waals surface area (Å²) in [5, 5.41) is 12.2. The topological polar surface area (TPSA) is 74.7 Å². The van der Waals surface area contributed by atoms with E-state index in [0.29, 0.717) is 10.6 Å². The lowest BCUT2D eigenvalue weighted by molar-refractivity contribution is -0.137. The number of hydrogen-bond acceptors (Lipinski definition) is 4. The van der Waals surface area contributed by atoms with Crippen molar-refractivity contribution in [2.24, 2.45) is 13.0 Å². The van der Waals surface area contributed by atoms with Crippen LogP contribution in [0.3, 0.4) is 0 Å². The van der Waals surface area contributed by atoms with Gasteiger partial charge in [0.15, 0.2) is 10.6 Å². The predicted octanol–water partition coefficient (Wildman–Crippen LogP) is 3.90. The van der Waals surface area contributed by atoms with E-state index in [9.17, 15) is 18.0 Å². The van der Waals surface area contributed by atoms with Gasteiger partial charge in [0.1, 0.15) is 6.04 Å². The van der Waals surface area contributed by atoms with Gasteiger partial charge in [-0.15, -0.1) is 0 Å². The summed E-state index contributed by atoms with van der Waals surface area (Å²) in [5.74, 6) is 0.0594. The third kappa shape index (κ3) is 5.23. The Morgan fingerprint density at radius 1 is 1.41 bits per heavy atom. The van der Waals surface area contributed by atoms with E-state index < -0.39 is 17.8 Å². The number of nitrogens with zero attached hydrogens (tertiary/aromatic N) is 2. The predicted molar refractivity (Wildman–Crippen MR) is 98.9 cm³/mol. The number of carbonyl (C=O) groups excluding carboxylic acids is 1. The molecule has 3 N–H and O–H groups in total. The fourth-order valence-corrected chi connectivity index (χ4v) is 2.71. The van der Waals surface area contributed by atoms with Crippen LogP contribution in [0.4, 0.5) is 18.9 Å². The molecule has 0 fully saturated rings. The van der Waals surface area contributed by atoms with Gasteiger partial charge in [-0.3, -0.25) is 9.89 Å². The molecule has 0 unspecified atom stereocenters. The molecular weight excluding hydrogens is 403 g/mol. The number of rotatable bonds is 6. The van der Waals surface area contributed by atoms with Gasteiger partial charge < -0.3 is 15.2 Å². The number of H-pyrrole nitrogens is 1. The second-order valence-corrected chi connectivity index (χ2v) is 7.07. The van der Waals surface area contributed by atoms with Crippen LogP contribution >= 0.6 is 23.8 Å². The Morgan fingerprint density at radius 3 is 2.56 bits per heavy atom. The van der Waals surface area contributed by atoms with Crippen LogP contribution in [0.1, 0.15) is 25.2 Å². The number of halogens is 4. The van der Waals surface area contributed by atoms with E-state index in [0.717, 1.165) is 12.1 Å². The van der Waals surface area contributed by atoms with E-state index in [1.54, 1.807) is 11.6 Å². The second-order valence-electron chi connectivity index (χ2n) is 6.28. The van der Waals surface area contributed by atoms with Gasteiger partial charge in [0.2, 0.25) is 5.91 Å². The van der Waals surface area contributed by atoms with Crippen molar-refractivity contribution in [3.05, 3.63) is 39.4 Å². The molecule has 1 heterocycles. The van der Waals surface area contributed by atoms with Crippen LogP contribution in [0.2, 0.25) is 5.02 Å². The van der Waals surface area contributed by atoms with Crippen molar-refractivity contribution in [2.45, 2.75) is 32.6 Å². The second kappa shape index (κ2) is 8.30. The Balaban J connectivity index is 2.12. The van der Waals surface area contributed by atoms with E-state index in [1.807, 2.05) is 13.8 Å². The molecule has 0 radical (unpaired) electrons. The van der Waals surface area contributed by atoms with Crippen molar-refractivity contribution in [1.82, 2.24) is 20.1 Å². The van der Waals surface area contributed by atoms with Crippen molar-refractivity contribution in [2.75, 3.05) is 5.32 Å². The van der Waals surface area contributed by atoms with Crippen LogP contribution in [-0.4, -0.2) is 26.7 Å². The first-order chi connectivity index (χ1) is 12.5. The quantitative estimate of drug-likeness (QED) is 0.618. The van der Waals surface area contributed by atoms with Gasteiger partial charge in [0.05, 0.1) is 22.8 Å². The lowest BCUT2D eigenvalue weighted by atomic mass is 10.0. The summed E-state index contributed by atoms with van der Waals surface area (Å²) in [5.41, 5.74) is -0.606. The molecule has 27 heavy (non-hydrogen) atoms. The molecule has 1 aromatic carbocycles. The minimum Gasteiger partial charge on any atom is -0.372 e. The molecule has 0 aliphatic rings. The summed E-state index contributed by atoms with van der Waals surface area (Å²) >= 11 is 11.0. The van der Waals surface area contributed by atoms with E-state index in [1.165, 1.54) is 6.07 Å². The number of anilines is 1. The molecule has 2 aromatic rings. The smallest absolute Gasteiger partial charge is 0.372 e. The van der Waals surface area contributed by atoms with E-state index >= 15 is 0 Å². The molecule has 0 aliphatic heterocycles. The molecule has 6 nitrogen and oxygen atoms in total. The highest BCUT2D eigenvalue weighted by molar-refractivity contribution is 7.71. The van der Waals surface area contributed by atoms with Gasteiger partial charge in [-0.1, -0.05) is 25.4 Å². The zero-order chi connectivity index (χ0) is 20.4. The largest absolute Gasteiger partial charge is 0.416 e. The number of aromatic amines is 1. The van der Waals surface area contributed by atoms with Crippen LogP contribution in [0.5, 0.6) is 0 Å². The van der Waals surface area contributed by atoms with Crippen LogP contribution in [-0.2, 0) is 24.6 Å². The third-order valence-corrected chi connectivity index (χ3v) is 4.63. The number of aromatic nitrogens is 3. The molecule has 11 heteroatoms. The zero-order valence-electron chi connectivity index (χ0n) is 14.8. The SMILES string of the molecule is CC(C)[C@H](Nc1ccc(C(F)(F)F)cc1Cl)C(=O)NCc1n[nH]c(=S)n1C. The van der Waals surface area contributed by atoms with Gasteiger partial charge in [-0.25, -0.2) is 0 Å². The number of benzene rings is 1. The number of alkyl halides is 3.